The Kier molecular flexibility index (Phi) is 4.07. The minimum atomic E-state index is -0.266. The average molecular weight is 237 g/mol. The van der Waals surface area contributed by atoms with Gasteiger partial charge in [0, 0.05) is 19.1 Å². The maximum absolute atomic E-state index is 12.9. The number of hydrogen-bond donors (Lipinski definition) is 1. The van der Waals surface area contributed by atoms with Crippen LogP contribution in [0.1, 0.15) is 31.5 Å². The highest BCUT2D eigenvalue weighted by Crippen LogP contribution is 2.26. The molecule has 0 saturated carbocycles. The van der Waals surface area contributed by atoms with Crippen molar-refractivity contribution in [3.63, 3.8) is 0 Å². The largest absolute Gasteiger partial charge is 0.316 e. The first-order chi connectivity index (χ1) is 8.24. The molecule has 0 aromatic carbocycles. The lowest BCUT2D eigenvalue weighted by atomic mass is 10.1. The number of nitrogens with zero attached hydrogens (tertiary/aromatic N) is 2. The summed E-state index contributed by atoms with van der Waals surface area (Å²) in [5.41, 5.74) is 0.977. The number of likely N-dealkylation sites (N-methyl/N-ethyl adjacent to an activating group) is 1. The lowest BCUT2D eigenvalue weighted by molar-refractivity contribution is 0.229. The zero-order chi connectivity index (χ0) is 12.3. The first-order valence-electron chi connectivity index (χ1n) is 6.27. The van der Waals surface area contributed by atoms with Crippen molar-refractivity contribution in [2.24, 2.45) is 0 Å². The van der Waals surface area contributed by atoms with Crippen LogP contribution in [0.4, 0.5) is 4.39 Å². The summed E-state index contributed by atoms with van der Waals surface area (Å²) in [6, 6.07) is 4.19. The standard InChI is InChI=1S/C13H20FN3/c1-3-13(12-5-4-10(14)8-16-12)17-7-6-11(9-17)15-2/h4-5,8,11,13,15H,3,6-7,9H2,1-2H3. The second kappa shape index (κ2) is 5.56. The van der Waals surface area contributed by atoms with Crippen molar-refractivity contribution in [3.05, 3.63) is 29.8 Å². The molecule has 1 aliphatic heterocycles. The van der Waals surface area contributed by atoms with Crippen molar-refractivity contribution in [1.29, 1.82) is 0 Å². The minimum Gasteiger partial charge on any atom is -0.316 e. The van der Waals surface area contributed by atoms with E-state index in [4.69, 9.17) is 0 Å². The Labute approximate surface area is 102 Å². The molecule has 0 amide bonds. The van der Waals surface area contributed by atoms with E-state index in [2.05, 4.69) is 22.1 Å². The number of likely N-dealkylation sites (tertiary alicyclic amines) is 1. The van der Waals surface area contributed by atoms with Gasteiger partial charge in [-0.25, -0.2) is 4.39 Å². The fraction of sp³-hybridized carbons (Fsp3) is 0.615. The number of pyridine rings is 1. The topological polar surface area (TPSA) is 28.2 Å². The van der Waals surface area contributed by atoms with E-state index in [1.165, 1.54) is 18.7 Å². The second-order valence-electron chi connectivity index (χ2n) is 4.59. The number of halogens is 1. The molecule has 1 aliphatic rings. The quantitative estimate of drug-likeness (QED) is 0.867. The van der Waals surface area contributed by atoms with Crippen LogP contribution < -0.4 is 5.32 Å². The number of rotatable bonds is 4. The Morgan fingerprint density at radius 2 is 2.41 bits per heavy atom. The van der Waals surface area contributed by atoms with Gasteiger partial charge in [-0.15, -0.1) is 0 Å². The molecule has 1 aromatic heterocycles. The first-order valence-corrected chi connectivity index (χ1v) is 6.27. The van der Waals surface area contributed by atoms with Gasteiger partial charge < -0.3 is 5.32 Å². The summed E-state index contributed by atoms with van der Waals surface area (Å²) in [4.78, 5) is 6.64. The molecule has 2 unspecified atom stereocenters. The van der Waals surface area contributed by atoms with E-state index in [0.717, 1.165) is 25.2 Å². The van der Waals surface area contributed by atoms with Crippen molar-refractivity contribution in [3.8, 4) is 0 Å². The molecule has 2 atom stereocenters. The fourth-order valence-corrected chi connectivity index (χ4v) is 2.54. The summed E-state index contributed by atoms with van der Waals surface area (Å²) >= 11 is 0. The highest BCUT2D eigenvalue weighted by atomic mass is 19.1. The van der Waals surface area contributed by atoms with Crippen LogP contribution in [0, 0.1) is 5.82 Å². The van der Waals surface area contributed by atoms with Crippen molar-refractivity contribution < 1.29 is 4.39 Å². The molecule has 0 spiro atoms. The van der Waals surface area contributed by atoms with Crippen LogP contribution in [0.15, 0.2) is 18.3 Å². The summed E-state index contributed by atoms with van der Waals surface area (Å²) < 4.78 is 12.9. The molecule has 3 nitrogen and oxygen atoms in total. The third-order valence-electron chi connectivity index (χ3n) is 3.55. The SMILES string of the molecule is CCC(c1ccc(F)cn1)N1CCC(NC)C1. The monoisotopic (exact) mass is 237 g/mol. The van der Waals surface area contributed by atoms with Gasteiger partial charge in [0.2, 0.25) is 0 Å². The molecule has 0 aliphatic carbocycles. The number of aromatic nitrogens is 1. The summed E-state index contributed by atoms with van der Waals surface area (Å²) in [7, 11) is 2.01. The Balaban J connectivity index is 2.08. The van der Waals surface area contributed by atoms with Gasteiger partial charge in [0.15, 0.2) is 0 Å². The van der Waals surface area contributed by atoms with Crippen molar-refractivity contribution >= 4 is 0 Å². The molecule has 2 rings (SSSR count). The van der Waals surface area contributed by atoms with Crippen LogP contribution in [0.5, 0.6) is 0 Å². The highest BCUT2D eigenvalue weighted by Gasteiger charge is 2.27. The molecule has 1 saturated heterocycles. The number of hydrogen-bond acceptors (Lipinski definition) is 3. The Morgan fingerprint density at radius 1 is 1.59 bits per heavy atom. The predicted octanol–water partition coefficient (Wildman–Crippen LogP) is 1.97. The molecule has 94 valence electrons. The smallest absolute Gasteiger partial charge is 0.141 e. The average Bonchev–Trinajstić information content (AvgIpc) is 2.81. The van der Waals surface area contributed by atoms with E-state index in [1.54, 1.807) is 6.07 Å². The summed E-state index contributed by atoms with van der Waals surface area (Å²) in [6.45, 7) is 4.29. The molecule has 2 heterocycles. The van der Waals surface area contributed by atoms with Crippen LogP contribution in [0.3, 0.4) is 0 Å². The normalized spacial score (nSPS) is 22.9. The Bertz CT molecular complexity index is 352. The third kappa shape index (κ3) is 2.82. The zero-order valence-electron chi connectivity index (χ0n) is 10.5. The van der Waals surface area contributed by atoms with Gasteiger partial charge in [-0.1, -0.05) is 6.92 Å². The lowest BCUT2D eigenvalue weighted by Crippen LogP contribution is -2.32. The van der Waals surface area contributed by atoms with Gasteiger partial charge in [-0.3, -0.25) is 9.88 Å². The van der Waals surface area contributed by atoms with E-state index in [1.807, 2.05) is 7.05 Å². The van der Waals surface area contributed by atoms with Crippen molar-refractivity contribution in [2.75, 3.05) is 20.1 Å². The van der Waals surface area contributed by atoms with Crippen LogP contribution in [-0.2, 0) is 0 Å². The molecular weight excluding hydrogens is 217 g/mol. The second-order valence-corrected chi connectivity index (χ2v) is 4.59. The molecule has 0 radical (unpaired) electrons. The summed E-state index contributed by atoms with van der Waals surface area (Å²) in [5, 5.41) is 3.31. The van der Waals surface area contributed by atoms with Crippen LogP contribution in [0.2, 0.25) is 0 Å². The molecule has 4 heteroatoms. The maximum atomic E-state index is 12.9. The lowest BCUT2D eigenvalue weighted by Gasteiger charge is -2.26. The van der Waals surface area contributed by atoms with Gasteiger partial charge in [-0.05, 0) is 32.0 Å². The van der Waals surface area contributed by atoms with E-state index in [0.29, 0.717) is 12.1 Å². The fourth-order valence-electron chi connectivity index (χ4n) is 2.54. The van der Waals surface area contributed by atoms with E-state index in [-0.39, 0.29) is 5.82 Å². The predicted molar refractivity (Wildman–Crippen MR) is 66.3 cm³/mol. The molecule has 17 heavy (non-hydrogen) atoms. The molecule has 1 fully saturated rings. The van der Waals surface area contributed by atoms with E-state index < -0.39 is 0 Å². The van der Waals surface area contributed by atoms with Crippen molar-refractivity contribution in [2.45, 2.75) is 31.8 Å². The molecule has 1 N–H and O–H groups in total. The zero-order valence-corrected chi connectivity index (χ0v) is 10.5. The van der Waals surface area contributed by atoms with E-state index in [9.17, 15) is 4.39 Å². The Hall–Kier alpha value is -1.00. The highest BCUT2D eigenvalue weighted by molar-refractivity contribution is 5.10. The summed E-state index contributed by atoms with van der Waals surface area (Å²) in [6.07, 6.45) is 3.49. The third-order valence-corrected chi connectivity index (χ3v) is 3.55. The Morgan fingerprint density at radius 3 is 2.94 bits per heavy atom. The van der Waals surface area contributed by atoms with E-state index >= 15 is 0 Å². The number of nitrogens with one attached hydrogen (secondary N) is 1. The molecule has 1 aromatic rings. The van der Waals surface area contributed by atoms with Crippen molar-refractivity contribution in [1.82, 2.24) is 15.2 Å². The van der Waals surface area contributed by atoms with Gasteiger partial charge in [0.25, 0.3) is 0 Å². The minimum absolute atomic E-state index is 0.266. The van der Waals surface area contributed by atoms with Crippen LogP contribution in [0.25, 0.3) is 0 Å². The van der Waals surface area contributed by atoms with Gasteiger partial charge in [0.1, 0.15) is 5.82 Å². The summed E-state index contributed by atoms with van der Waals surface area (Å²) in [5.74, 6) is -0.266. The molecular formula is C13H20FN3. The van der Waals surface area contributed by atoms with Gasteiger partial charge in [0.05, 0.1) is 17.9 Å². The van der Waals surface area contributed by atoms with Crippen LogP contribution >= 0.6 is 0 Å². The molecule has 0 bridgehead atoms. The van der Waals surface area contributed by atoms with Gasteiger partial charge >= 0.3 is 0 Å². The first kappa shape index (κ1) is 12.5. The maximum Gasteiger partial charge on any atom is 0.141 e. The van der Waals surface area contributed by atoms with Gasteiger partial charge in [-0.2, -0.15) is 0 Å². The van der Waals surface area contributed by atoms with Crippen LogP contribution in [-0.4, -0.2) is 36.1 Å².